The Morgan fingerprint density at radius 2 is 1.44 bits per heavy atom. The van der Waals surface area contributed by atoms with Crippen LogP contribution in [0.4, 0.5) is 0 Å². The summed E-state index contributed by atoms with van der Waals surface area (Å²) in [6.45, 7) is 32.5. The lowest BCUT2D eigenvalue weighted by Gasteiger charge is -2.22. The maximum absolute atomic E-state index is 3.94. The third-order valence-electron chi connectivity index (χ3n) is 4.86. The summed E-state index contributed by atoms with van der Waals surface area (Å²) in [5, 5.41) is 0. The van der Waals surface area contributed by atoms with Crippen LogP contribution in [0.5, 0.6) is 0 Å². The second-order valence-electron chi connectivity index (χ2n) is 8.26. The molecule has 198 valence electrons. The third kappa shape index (κ3) is 24.0. The molecule has 0 radical (unpaired) electrons. The maximum Gasteiger partial charge on any atom is 0.00701 e. The number of hydrogen-bond acceptors (Lipinski definition) is 0. The standard InChI is InChI=1S/C18H26.C10H12.C6H10.C2H6/c1-6-10-12-14-17(13-11-7-2)16-18(5,9-4)15-8-3;1-3-5-10-7-4-6-9(2)8-10;1-3-5-6-4-2;1-2/h6-9,11,13-15H,1-2,4,10,12,16H2,3,5H3;3-4,6-8H,1,5H2,2H3;3-4H,1-2,5-6H2;1-2H3/b13-11-,15-8?,17-14+;;;. The van der Waals surface area contributed by atoms with E-state index < -0.39 is 0 Å². The van der Waals surface area contributed by atoms with Crippen molar-refractivity contribution < 1.29 is 0 Å². The zero-order valence-electron chi connectivity index (χ0n) is 24.1. The van der Waals surface area contributed by atoms with E-state index in [4.69, 9.17) is 0 Å². The van der Waals surface area contributed by atoms with E-state index in [0.717, 1.165) is 38.5 Å². The van der Waals surface area contributed by atoms with Crippen molar-refractivity contribution in [2.75, 3.05) is 0 Å². The van der Waals surface area contributed by atoms with Crippen LogP contribution in [0.1, 0.15) is 70.9 Å². The minimum Gasteiger partial charge on any atom is -0.103 e. The smallest absolute Gasteiger partial charge is 0.00701 e. The molecule has 0 aliphatic carbocycles. The third-order valence-corrected chi connectivity index (χ3v) is 4.86. The average molecular weight is 487 g/mol. The minimum absolute atomic E-state index is 0.0142. The number of rotatable bonds is 14. The molecule has 1 unspecified atom stereocenters. The molecule has 0 aliphatic rings. The Morgan fingerprint density at radius 1 is 0.861 bits per heavy atom. The quantitative estimate of drug-likeness (QED) is 0.139. The summed E-state index contributed by atoms with van der Waals surface area (Å²) in [6, 6.07) is 8.48. The number of unbranched alkanes of at least 4 members (excludes halogenated alkanes) is 2. The summed E-state index contributed by atoms with van der Waals surface area (Å²) in [6.07, 6.45) is 28.2. The Bertz CT molecular complexity index is 804. The van der Waals surface area contributed by atoms with Gasteiger partial charge in [0.05, 0.1) is 0 Å². The Balaban J connectivity index is -0.000000503. The topological polar surface area (TPSA) is 0 Å². The molecular formula is C36H54. The lowest BCUT2D eigenvalue weighted by molar-refractivity contribution is 0.550. The summed E-state index contributed by atoms with van der Waals surface area (Å²) in [5.74, 6) is 0. The molecule has 36 heavy (non-hydrogen) atoms. The van der Waals surface area contributed by atoms with Gasteiger partial charge in [-0.2, -0.15) is 0 Å². The van der Waals surface area contributed by atoms with Crippen LogP contribution in [0.3, 0.4) is 0 Å². The van der Waals surface area contributed by atoms with Gasteiger partial charge >= 0.3 is 0 Å². The minimum atomic E-state index is 0.0142. The van der Waals surface area contributed by atoms with Gasteiger partial charge in [-0.15, -0.1) is 32.9 Å². The van der Waals surface area contributed by atoms with Crippen molar-refractivity contribution in [2.24, 2.45) is 5.41 Å². The van der Waals surface area contributed by atoms with Crippen molar-refractivity contribution in [1.82, 2.24) is 0 Å². The summed E-state index contributed by atoms with van der Waals surface area (Å²) >= 11 is 0. The molecule has 0 saturated carbocycles. The van der Waals surface area contributed by atoms with E-state index in [0.29, 0.717) is 0 Å². The fourth-order valence-corrected chi connectivity index (χ4v) is 3.04. The van der Waals surface area contributed by atoms with Gasteiger partial charge in [0, 0.05) is 5.41 Å². The van der Waals surface area contributed by atoms with Crippen LogP contribution in [0.25, 0.3) is 0 Å². The number of benzene rings is 1. The largest absolute Gasteiger partial charge is 0.103 e. The van der Waals surface area contributed by atoms with Gasteiger partial charge in [-0.25, -0.2) is 0 Å². The predicted molar refractivity (Wildman–Crippen MR) is 171 cm³/mol. The Hall–Kier alpha value is -3.12. The van der Waals surface area contributed by atoms with E-state index >= 15 is 0 Å². The van der Waals surface area contributed by atoms with Crippen LogP contribution < -0.4 is 0 Å². The number of allylic oxidation sites excluding steroid dienone is 12. The number of hydrogen-bond donors (Lipinski definition) is 0. The lowest BCUT2D eigenvalue weighted by Crippen LogP contribution is -2.09. The molecule has 1 rings (SSSR count). The summed E-state index contributed by atoms with van der Waals surface area (Å²) < 4.78 is 0. The van der Waals surface area contributed by atoms with Crippen molar-refractivity contribution in [1.29, 1.82) is 0 Å². The van der Waals surface area contributed by atoms with Crippen molar-refractivity contribution >= 4 is 0 Å². The molecule has 1 aromatic rings. The van der Waals surface area contributed by atoms with Crippen molar-refractivity contribution in [3.63, 3.8) is 0 Å². The molecule has 0 nitrogen and oxygen atoms in total. The number of aryl methyl sites for hydroxylation is 1. The van der Waals surface area contributed by atoms with Gasteiger partial charge in [-0.1, -0.05) is 130 Å². The molecule has 0 aliphatic heterocycles. The molecule has 0 heterocycles. The lowest BCUT2D eigenvalue weighted by atomic mass is 9.82. The molecule has 0 saturated heterocycles. The van der Waals surface area contributed by atoms with Crippen LogP contribution in [0, 0.1) is 12.3 Å². The Kier molecular flexibility index (Phi) is 29.2. The molecular weight excluding hydrogens is 432 g/mol. The highest BCUT2D eigenvalue weighted by molar-refractivity contribution is 5.26. The second-order valence-corrected chi connectivity index (χ2v) is 8.26. The molecule has 0 heteroatoms. The van der Waals surface area contributed by atoms with Gasteiger partial charge in [-0.05, 0) is 57.9 Å². The SMILES string of the molecule is C=C/C=C\C(=C/CCC=C)CC(C)(C=C)C=CC.C=CCCC=C.C=CCc1cccc(C)c1.CC. The first kappa shape index (κ1) is 37.4. The first-order valence-electron chi connectivity index (χ1n) is 13.1. The fourth-order valence-electron chi connectivity index (χ4n) is 3.04. The normalized spacial score (nSPS) is 11.9. The van der Waals surface area contributed by atoms with Crippen LogP contribution in [-0.4, -0.2) is 0 Å². The molecule has 0 spiro atoms. The monoisotopic (exact) mass is 486 g/mol. The van der Waals surface area contributed by atoms with E-state index in [1.54, 1.807) is 0 Å². The van der Waals surface area contributed by atoms with Gasteiger partial charge < -0.3 is 0 Å². The van der Waals surface area contributed by atoms with Crippen molar-refractivity contribution in [2.45, 2.75) is 73.1 Å². The van der Waals surface area contributed by atoms with Crippen LogP contribution in [-0.2, 0) is 6.42 Å². The van der Waals surface area contributed by atoms with Crippen molar-refractivity contribution in [3.05, 3.63) is 147 Å². The summed E-state index contributed by atoms with van der Waals surface area (Å²) in [7, 11) is 0. The van der Waals surface area contributed by atoms with Crippen LogP contribution in [0.2, 0.25) is 0 Å². The summed E-state index contributed by atoms with van der Waals surface area (Å²) in [4.78, 5) is 0. The van der Waals surface area contributed by atoms with Crippen molar-refractivity contribution in [3.8, 4) is 0 Å². The van der Waals surface area contributed by atoms with E-state index in [1.807, 2.05) is 63.3 Å². The summed E-state index contributed by atoms with van der Waals surface area (Å²) in [5.41, 5.74) is 3.99. The highest BCUT2D eigenvalue weighted by atomic mass is 14.2. The fraction of sp³-hybridized carbons (Fsp3) is 0.333. The Morgan fingerprint density at radius 3 is 1.89 bits per heavy atom. The van der Waals surface area contributed by atoms with Gasteiger partial charge in [0.25, 0.3) is 0 Å². The zero-order chi connectivity index (χ0) is 28.1. The highest BCUT2D eigenvalue weighted by Gasteiger charge is 2.16. The van der Waals surface area contributed by atoms with E-state index in [9.17, 15) is 0 Å². The predicted octanol–water partition coefficient (Wildman–Crippen LogP) is 11.7. The van der Waals surface area contributed by atoms with E-state index in [-0.39, 0.29) is 5.41 Å². The highest BCUT2D eigenvalue weighted by Crippen LogP contribution is 2.29. The van der Waals surface area contributed by atoms with Gasteiger partial charge in [0.15, 0.2) is 0 Å². The first-order chi connectivity index (χ1) is 17.4. The Labute approximate surface area is 225 Å². The zero-order valence-corrected chi connectivity index (χ0v) is 24.1. The van der Waals surface area contributed by atoms with Gasteiger partial charge in [0.1, 0.15) is 0 Å². The molecule has 1 atom stereocenters. The molecule has 0 aromatic heterocycles. The van der Waals surface area contributed by atoms with Crippen LogP contribution in [0.15, 0.2) is 136 Å². The second kappa shape index (κ2) is 28.1. The molecule has 0 fully saturated rings. The van der Waals surface area contributed by atoms with E-state index in [1.165, 1.54) is 16.7 Å². The van der Waals surface area contributed by atoms with E-state index in [2.05, 4.69) is 102 Å². The van der Waals surface area contributed by atoms with Gasteiger partial charge in [-0.3, -0.25) is 0 Å². The molecule has 1 aromatic carbocycles. The van der Waals surface area contributed by atoms with Crippen LogP contribution >= 0.6 is 0 Å². The average Bonchev–Trinajstić information content (AvgIpc) is 2.88. The molecule has 0 amide bonds. The molecule has 0 bridgehead atoms. The maximum atomic E-state index is 3.94. The first-order valence-corrected chi connectivity index (χ1v) is 13.1. The molecule has 0 N–H and O–H groups in total. The van der Waals surface area contributed by atoms with Gasteiger partial charge in [0.2, 0.25) is 0 Å².